The van der Waals surface area contributed by atoms with Gasteiger partial charge in [0.2, 0.25) is 11.1 Å². The van der Waals surface area contributed by atoms with Crippen molar-refractivity contribution >= 4 is 29.3 Å². The van der Waals surface area contributed by atoms with Gasteiger partial charge < -0.3 is 14.6 Å². The monoisotopic (exact) mass is 439 g/mol. The number of nitrogens with zero attached hydrogens (tertiary/aromatic N) is 6. The second kappa shape index (κ2) is 8.69. The van der Waals surface area contributed by atoms with Gasteiger partial charge in [-0.15, -0.1) is 5.10 Å². The van der Waals surface area contributed by atoms with Gasteiger partial charge >= 0.3 is 0 Å². The third kappa shape index (κ3) is 4.29. The average molecular weight is 440 g/mol. The molecule has 0 saturated carbocycles. The summed E-state index contributed by atoms with van der Waals surface area (Å²) in [6.07, 6.45) is 2.12. The van der Waals surface area contributed by atoms with Crippen LogP contribution in [0.2, 0.25) is 0 Å². The summed E-state index contributed by atoms with van der Waals surface area (Å²) < 4.78 is 9.42. The molecule has 0 radical (unpaired) electrons. The SMILES string of the molecule is Cc1cc(C)n2nc(SCC(=O)Nc3c(C#N)c(C)c(C)n3C[C@H]3CCCO3)nc2n1. The number of amides is 1. The molecule has 0 aliphatic carbocycles. The van der Waals surface area contributed by atoms with Crippen molar-refractivity contribution in [1.29, 1.82) is 5.26 Å². The molecule has 0 unspecified atom stereocenters. The summed E-state index contributed by atoms with van der Waals surface area (Å²) in [5.74, 6) is 0.967. The molecular formula is C21H25N7O2S. The summed E-state index contributed by atoms with van der Waals surface area (Å²) in [6.45, 7) is 9.09. The highest BCUT2D eigenvalue weighted by Crippen LogP contribution is 2.28. The van der Waals surface area contributed by atoms with Gasteiger partial charge in [0.1, 0.15) is 11.9 Å². The van der Waals surface area contributed by atoms with E-state index in [0.717, 1.165) is 42.1 Å². The van der Waals surface area contributed by atoms with E-state index in [0.29, 0.717) is 28.9 Å². The zero-order chi connectivity index (χ0) is 22.1. The van der Waals surface area contributed by atoms with Gasteiger partial charge in [-0.2, -0.15) is 10.2 Å². The van der Waals surface area contributed by atoms with Crippen LogP contribution in [-0.2, 0) is 16.1 Å². The van der Waals surface area contributed by atoms with E-state index in [9.17, 15) is 10.1 Å². The lowest BCUT2D eigenvalue weighted by Crippen LogP contribution is -2.22. The number of fused-ring (bicyclic) bond motifs is 1. The summed E-state index contributed by atoms with van der Waals surface area (Å²) in [7, 11) is 0. The molecule has 3 aromatic rings. The van der Waals surface area contributed by atoms with Crippen LogP contribution in [-0.4, -0.2) is 48.5 Å². The van der Waals surface area contributed by atoms with Crippen LogP contribution in [0.1, 0.15) is 41.1 Å². The molecule has 3 aromatic heterocycles. The first-order valence-electron chi connectivity index (χ1n) is 10.2. The lowest BCUT2D eigenvalue weighted by Gasteiger charge is -2.16. The summed E-state index contributed by atoms with van der Waals surface area (Å²) in [4.78, 5) is 21.5. The summed E-state index contributed by atoms with van der Waals surface area (Å²) >= 11 is 1.24. The van der Waals surface area contributed by atoms with E-state index < -0.39 is 0 Å². The van der Waals surface area contributed by atoms with Crippen LogP contribution in [0.4, 0.5) is 5.82 Å². The molecule has 1 atom stereocenters. The number of hydrogen-bond acceptors (Lipinski definition) is 7. The topological polar surface area (TPSA) is 110 Å². The Morgan fingerprint density at radius 2 is 2.16 bits per heavy atom. The van der Waals surface area contributed by atoms with Gasteiger partial charge in [-0.25, -0.2) is 9.50 Å². The molecule has 1 fully saturated rings. The van der Waals surface area contributed by atoms with Gasteiger partial charge in [0.25, 0.3) is 5.78 Å². The second-order valence-corrected chi connectivity index (χ2v) is 8.72. The number of thioether (sulfide) groups is 1. The first-order valence-corrected chi connectivity index (χ1v) is 11.2. The van der Waals surface area contributed by atoms with Crippen molar-refractivity contribution in [3.05, 3.63) is 34.3 Å². The van der Waals surface area contributed by atoms with Gasteiger partial charge in [-0.1, -0.05) is 11.8 Å². The van der Waals surface area contributed by atoms with Crippen LogP contribution in [0.15, 0.2) is 11.2 Å². The molecule has 162 valence electrons. The maximum atomic E-state index is 12.7. The van der Waals surface area contributed by atoms with Crippen molar-refractivity contribution in [2.24, 2.45) is 0 Å². The fourth-order valence-corrected chi connectivity index (χ4v) is 4.48. The minimum Gasteiger partial charge on any atom is -0.376 e. The Balaban J connectivity index is 1.50. The number of ether oxygens (including phenoxy) is 1. The summed E-state index contributed by atoms with van der Waals surface area (Å²) in [6, 6.07) is 4.17. The Kier molecular flexibility index (Phi) is 5.98. The molecule has 1 amide bonds. The van der Waals surface area contributed by atoms with Gasteiger partial charge in [0.05, 0.1) is 24.0 Å². The third-order valence-corrected chi connectivity index (χ3v) is 6.38. The van der Waals surface area contributed by atoms with E-state index in [1.165, 1.54) is 11.8 Å². The molecule has 9 nitrogen and oxygen atoms in total. The van der Waals surface area contributed by atoms with Gasteiger partial charge in [-0.3, -0.25) is 4.79 Å². The molecule has 4 rings (SSSR count). The zero-order valence-corrected chi connectivity index (χ0v) is 18.9. The number of hydrogen-bond donors (Lipinski definition) is 1. The molecule has 10 heteroatoms. The molecule has 1 saturated heterocycles. The molecule has 1 aliphatic rings. The quantitative estimate of drug-likeness (QED) is 0.588. The van der Waals surface area contributed by atoms with E-state index in [1.54, 1.807) is 4.52 Å². The number of anilines is 1. The van der Waals surface area contributed by atoms with E-state index in [4.69, 9.17) is 4.74 Å². The van der Waals surface area contributed by atoms with E-state index in [-0.39, 0.29) is 17.8 Å². The number of aryl methyl sites for hydroxylation is 2. The van der Waals surface area contributed by atoms with Crippen LogP contribution >= 0.6 is 11.8 Å². The first kappa shape index (κ1) is 21.3. The van der Waals surface area contributed by atoms with Crippen molar-refractivity contribution in [3.8, 4) is 6.07 Å². The van der Waals surface area contributed by atoms with Crippen LogP contribution < -0.4 is 5.32 Å². The van der Waals surface area contributed by atoms with Crippen molar-refractivity contribution in [2.45, 2.75) is 58.3 Å². The highest BCUT2D eigenvalue weighted by atomic mass is 32.2. The van der Waals surface area contributed by atoms with Crippen LogP contribution in [0.25, 0.3) is 5.78 Å². The van der Waals surface area contributed by atoms with E-state index in [2.05, 4.69) is 26.5 Å². The average Bonchev–Trinajstić information content (AvgIpc) is 3.43. The molecule has 31 heavy (non-hydrogen) atoms. The summed E-state index contributed by atoms with van der Waals surface area (Å²) in [5.41, 5.74) is 4.14. The fraction of sp³-hybridized carbons (Fsp3) is 0.476. The predicted molar refractivity (Wildman–Crippen MR) is 117 cm³/mol. The molecule has 1 aliphatic heterocycles. The summed E-state index contributed by atoms with van der Waals surface area (Å²) in [5, 5.41) is 17.5. The minimum atomic E-state index is -0.215. The molecule has 1 N–H and O–H groups in total. The third-order valence-electron chi connectivity index (χ3n) is 5.54. The van der Waals surface area contributed by atoms with Crippen LogP contribution in [0, 0.1) is 39.0 Å². The van der Waals surface area contributed by atoms with E-state index >= 15 is 0 Å². The number of nitrogens with one attached hydrogen (secondary N) is 1. The van der Waals surface area contributed by atoms with Crippen LogP contribution in [0.5, 0.6) is 0 Å². The zero-order valence-electron chi connectivity index (χ0n) is 18.1. The second-order valence-electron chi connectivity index (χ2n) is 7.77. The van der Waals surface area contributed by atoms with Gasteiger partial charge in [-0.05, 0) is 52.2 Å². The van der Waals surface area contributed by atoms with Gasteiger partial charge in [0.15, 0.2) is 0 Å². The van der Waals surface area contributed by atoms with Crippen molar-refractivity contribution in [3.63, 3.8) is 0 Å². The van der Waals surface area contributed by atoms with Crippen molar-refractivity contribution in [2.75, 3.05) is 17.7 Å². The Morgan fingerprint density at radius 1 is 1.35 bits per heavy atom. The number of nitriles is 1. The first-order chi connectivity index (χ1) is 14.9. The highest BCUT2D eigenvalue weighted by molar-refractivity contribution is 7.99. The maximum Gasteiger partial charge on any atom is 0.253 e. The van der Waals surface area contributed by atoms with Gasteiger partial charge in [0, 0.05) is 23.7 Å². The van der Waals surface area contributed by atoms with Crippen molar-refractivity contribution in [1.82, 2.24) is 24.1 Å². The largest absolute Gasteiger partial charge is 0.376 e. The number of rotatable bonds is 6. The Morgan fingerprint density at radius 3 is 2.87 bits per heavy atom. The number of aromatic nitrogens is 5. The van der Waals surface area contributed by atoms with Crippen LogP contribution in [0.3, 0.4) is 0 Å². The molecule has 0 aromatic carbocycles. The lowest BCUT2D eigenvalue weighted by molar-refractivity contribution is -0.113. The van der Waals surface area contributed by atoms with Crippen molar-refractivity contribution < 1.29 is 9.53 Å². The highest BCUT2D eigenvalue weighted by Gasteiger charge is 2.24. The number of carbonyl (C=O) groups excluding carboxylic acids is 1. The molecular weight excluding hydrogens is 414 g/mol. The number of carbonyl (C=O) groups is 1. The van der Waals surface area contributed by atoms with E-state index in [1.807, 2.05) is 38.3 Å². The minimum absolute atomic E-state index is 0.100. The fourth-order valence-electron chi connectivity index (χ4n) is 3.86. The molecule has 4 heterocycles. The lowest BCUT2D eigenvalue weighted by atomic mass is 10.2. The molecule has 0 spiro atoms. The predicted octanol–water partition coefficient (Wildman–Crippen LogP) is 2.94. The normalized spacial score (nSPS) is 16.0. The smallest absolute Gasteiger partial charge is 0.253 e. The Bertz CT molecular complexity index is 1180. The Hall–Kier alpha value is -2.90. The Labute approximate surface area is 184 Å². The standard InChI is InChI=1S/C21H25N7O2S/c1-12-8-13(2)28-20(23-12)25-21(26-28)31-11-18(29)24-19-17(9-22)14(3)15(4)27(19)10-16-6-5-7-30-16/h8,16H,5-7,10-11H2,1-4H3,(H,24,29)/t16-/m1/s1. The molecule has 0 bridgehead atoms. The maximum absolute atomic E-state index is 12.7.